The van der Waals surface area contributed by atoms with Crippen LogP contribution in [0.2, 0.25) is 0 Å². The summed E-state index contributed by atoms with van der Waals surface area (Å²) < 4.78 is 0. The van der Waals surface area contributed by atoms with E-state index in [2.05, 4.69) is 26.3 Å². The van der Waals surface area contributed by atoms with Gasteiger partial charge in [-0.15, -0.1) is 11.3 Å². The largest absolute Gasteiger partial charge is 0.356 e. The second-order valence-corrected chi connectivity index (χ2v) is 6.02. The van der Waals surface area contributed by atoms with Gasteiger partial charge in [-0.05, 0) is 25.0 Å². The molecule has 3 heterocycles. The van der Waals surface area contributed by atoms with E-state index < -0.39 is 0 Å². The normalized spacial score (nSPS) is 17.8. The van der Waals surface area contributed by atoms with Crippen molar-refractivity contribution in [1.82, 2.24) is 9.97 Å². The lowest BCUT2D eigenvalue weighted by molar-refractivity contribution is -0.120. The number of nitrogens with zero attached hydrogens (tertiary/aromatic N) is 4. The first-order valence-electron chi connectivity index (χ1n) is 7.08. The van der Waals surface area contributed by atoms with Crippen LogP contribution in [0, 0.1) is 17.2 Å². The van der Waals surface area contributed by atoms with Crippen molar-refractivity contribution in [2.75, 3.05) is 23.3 Å². The van der Waals surface area contributed by atoms with Gasteiger partial charge in [-0.2, -0.15) is 5.26 Å². The molecule has 0 bridgehead atoms. The van der Waals surface area contributed by atoms with Gasteiger partial charge in [0.2, 0.25) is 5.91 Å². The molecule has 0 saturated carbocycles. The Morgan fingerprint density at radius 1 is 1.45 bits per heavy atom. The summed E-state index contributed by atoms with van der Waals surface area (Å²) in [7, 11) is 0. The minimum atomic E-state index is -0.0740. The van der Waals surface area contributed by atoms with E-state index in [1.807, 2.05) is 11.4 Å². The number of piperidine rings is 1. The van der Waals surface area contributed by atoms with Crippen LogP contribution in [-0.2, 0) is 4.79 Å². The Hall–Kier alpha value is -2.46. The van der Waals surface area contributed by atoms with E-state index in [0.29, 0.717) is 17.2 Å². The average Bonchev–Trinajstić information content (AvgIpc) is 3.08. The summed E-state index contributed by atoms with van der Waals surface area (Å²) in [6.07, 6.45) is 5.05. The molecule has 7 heteroatoms. The second-order valence-electron chi connectivity index (χ2n) is 5.13. The first kappa shape index (κ1) is 14.5. The van der Waals surface area contributed by atoms with Crippen LogP contribution < -0.4 is 10.2 Å². The average molecular weight is 313 g/mol. The van der Waals surface area contributed by atoms with Gasteiger partial charge < -0.3 is 10.2 Å². The van der Waals surface area contributed by atoms with Gasteiger partial charge in [0.05, 0.1) is 11.5 Å². The Labute approximate surface area is 132 Å². The van der Waals surface area contributed by atoms with Gasteiger partial charge in [-0.25, -0.2) is 9.97 Å². The Morgan fingerprint density at radius 3 is 3.05 bits per heavy atom. The van der Waals surface area contributed by atoms with Crippen molar-refractivity contribution < 1.29 is 4.79 Å². The molecule has 1 N–H and O–H groups in total. The third-order valence-corrected chi connectivity index (χ3v) is 4.34. The van der Waals surface area contributed by atoms with Gasteiger partial charge in [0.15, 0.2) is 5.13 Å². The van der Waals surface area contributed by atoms with Gasteiger partial charge in [0, 0.05) is 30.9 Å². The number of carbonyl (C=O) groups excluding carboxylic acids is 1. The molecular weight excluding hydrogens is 298 g/mol. The summed E-state index contributed by atoms with van der Waals surface area (Å²) in [6.45, 7) is 1.51. The fourth-order valence-corrected chi connectivity index (χ4v) is 3.06. The first-order valence-corrected chi connectivity index (χ1v) is 7.95. The van der Waals surface area contributed by atoms with Gasteiger partial charge in [0.25, 0.3) is 0 Å². The highest BCUT2D eigenvalue weighted by atomic mass is 32.1. The molecule has 1 amide bonds. The summed E-state index contributed by atoms with van der Waals surface area (Å²) in [5.74, 6) is 0.745. The highest BCUT2D eigenvalue weighted by Crippen LogP contribution is 2.23. The summed E-state index contributed by atoms with van der Waals surface area (Å²) in [4.78, 5) is 22.8. The number of hydrogen-bond donors (Lipinski definition) is 1. The molecular formula is C15H15N5OS. The van der Waals surface area contributed by atoms with Crippen LogP contribution in [-0.4, -0.2) is 29.0 Å². The summed E-state index contributed by atoms with van der Waals surface area (Å²) >= 11 is 1.42. The molecule has 2 aromatic rings. The number of anilines is 2. The number of amides is 1. The van der Waals surface area contributed by atoms with E-state index in [1.165, 1.54) is 11.3 Å². The van der Waals surface area contributed by atoms with Gasteiger partial charge >= 0.3 is 0 Å². The number of nitriles is 1. The van der Waals surface area contributed by atoms with Gasteiger partial charge in [0.1, 0.15) is 11.9 Å². The molecule has 1 atom stereocenters. The summed E-state index contributed by atoms with van der Waals surface area (Å²) in [6, 6.07) is 5.64. The molecule has 0 aromatic carbocycles. The zero-order chi connectivity index (χ0) is 15.4. The zero-order valence-corrected chi connectivity index (χ0v) is 12.7. The molecule has 0 spiro atoms. The monoisotopic (exact) mass is 313 g/mol. The predicted molar refractivity (Wildman–Crippen MR) is 84.6 cm³/mol. The van der Waals surface area contributed by atoms with Crippen LogP contribution in [0.4, 0.5) is 10.9 Å². The van der Waals surface area contributed by atoms with Crippen LogP contribution >= 0.6 is 11.3 Å². The standard InChI is InChI=1S/C15H15N5OS/c16-8-11-3-4-13(18-9-11)20-6-1-2-12(10-20)14(21)19-15-17-5-7-22-15/h3-5,7,9,12H,1-2,6,10H2,(H,17,19,21)/t12-/m0/s1. The highest BCUT2D eigenvalue weighted by Gasteiger charge is 2.26. The minimum Gasteiger partial charge on any atom is -0.356 e. The van der Waals surface area contributed by atoms with Crippen molar-refractivity contribution in [1.29, 1.82) is 5.26 Å². The van der Waals surface area contributed by atoms with Crippen molar-refractivity contribution in [3.05, 3.63) is 35.5 Å². The van der Waals surface area contributed by atoms with Crippen LogP contribution in [0.3, 0.4) is 0 Å². The number of pyridine rings is 1. The topological polar surface area (TPSA) is 81.9 Å². The van der Waals surface area contributed by atoms with E-state index in [-0.39, 0.29) is 11.8 Å². The Bertz CT molecular complexity index is 677. The fraction of sp³-hybridized carbons (Fsp3) is 0.333. The minimum absolute atomic E-state index is 0.00768. The molecule has 22 heavy (non-hydrogen) atoms. The molecule has 1 fully saturated rings. The molecule has 6 nitrogen and oxygen atoms in total. The predicted octanol–water partition coefficient (Wildman–Crippen LogP) is 2.26. The highest BCUT2D eigenvalue weighted by molar-refractivity contribution is 7.13. The lowest BCUT2D eigenvalue weighted by Crippen LogP contribution is -2.41. The van der Waals surface area contributed by atoms with Crippen LogP contribution in [0.1, 0.15) is 18.4 Å². The van der Waals surface area contributed by atoms with Crippen LogP contribution in [0.25, 0.3) is 0 Å². The number of hydrogen-bond acceptors (Lipinski definition) is 6. The summed E-state index contributed by atoms with van der Waals surface area (Å²) in [5, 5.41) is 14.1. The molecule has 0 aliphatic carbocycles. The molecule has 2 aromatic heterocycles. The van der Waals surface area contributed by atoms with Crippen LogP contribution in [0.15, 0.2) is 29.9 Å². The third-order valence-electron chi connectivity index (χ3n) is 3.66. The molecule has 3 rings (SSSR count). The number of thiazole rings is 1. The molecule has 1 aliphatic rings. The van der Waals surface area contributed by atoms with Crippen LogP contribution in [0.5, 0.6) is 0 Å². The van der Waals surface area contributed by atoms with Crippen molar-refractivity contribution in [3.63, 3.8) is 0 Å². The van der Waals surface area contributed by atoms with Gasteiger partial charge in [-0.1, -0.05) is 0 Å². The Kier molecular flexibility index (Phi) is 4.30. The van der Waals surface area contributed by atoms with Crippen molar-refractivity contribution >= 4 is 28.2 Å². The Balaban J connectivity index is 1.65. The molecule has 112 valence electrons. The number of carbonyl (C=O) groups is 1. The van der Waals surface area contributed by atoms with E-state index in [1.54, 1.807) is 18.5 Å². The maximum absolute atomic E-state index is 12.3. The molecule has 1 aliphatic heterocycles. The smallest absolute Gasteiger partial charge is 0.231 e. The van der Waals surface area contributed by atoms with Crippen molar-refractivity contribution in [3.8, 4) is 6.07 Å². The molecule has 1 saturated heterocycles. The van der Waals surface area contributed by atoms with E-state index in [4.69, 9.17) is 5.26 Å². The van der Waals surface area contributed by atoms with E-state index in [0.717, 1.165) is 25.2 Å². The quantitative estimate of drug-likeness (QED) is 0.940. The first-order chi connectivity index (χ1) is 10.8. The third kappa shape index (κ3) is 3.23. The zero-order valence-electron chi connectivity index (χ0n) is 11.9. The number of aromatic nitrogens is 2. The summed E-state index contributed by atoms with van der Waals surface area (Å²) in [5.41, 5.74) is 0.541. The molecule has 0 radical (unpaired) electrons. The maximum Gasteiger partial charge on any atom is 0.231 e. The Morgan fingerprint density at radius 2 is 2.36 bits per heavy atom. The number of nitrogens with one attached hydrogen (secondary N) is 1. The van der Waals surface area contributed by atoms with E-state index >= 15 is 0 Å². The van der Waals surface area contributed by atoms with Crippen molar-refractivity contribution in [2.24, 2.45) is 5.92 Å². The lowest BCUT2D eigenvalue weighted by atomic mass is 9.97. The van der Waals surface area contributed by atoms with E-state index in [9.17, 15) is 4.79 Å². The molecule has 0 unspecified atom stereocenters. The fourth-order valence-electron chi connectivity index (χ4n) is 2.53. The van der Waals surface area contributed by atoms with Crippen molar-refractivity contribution in [2.45, 2.75) is 12.8 Å². The van der Waals surface area contributed by atoms with Gasteiger partial charge in [-0.3, -0.25) is 4.79 Å². The second kappa shape index (κ2) is 6.54. The lowest BCUT2D eigenvalue weighted by Gasteiger charge is -2.32. The number of rotatable bonds is 3. The maximum atomic E-state index is 12.3. The SMILES string of the molecule is N#Cc1ccc(N2CCC[C@H](C(=O)Nc3nccs3)C2)nc1.